The highest BCUT2D eigenvalue weighted by atomic mass is 16.4. The van der Waals surface area contributed by atoms with Gasteiger partial charge in [-0.05, 0) is 6.42 Å². The second-order valence-electron chi connectivity index (χ2n) is 6.39. The quantitative estimate of drug-likeness (QED) is 0.321. The number of unbranched alkanes of at least 4 members (excludes halogenated alkanes) is 13. The Bertz CT molecular complexity index is 198. The third kappa shape index (κ3) is 27.8. The fourth-order valence-corrected chi connectivity index (χ4v) is 2.44. The van der Waals surface area contributed by atoms with E-state index in [-0.39, 0.29) is 0 Å². The molecule has 22 heavy (non-hydrogen) atoms. The zero-order valence-corrected chi connectivity index (χ0v) is 15.7. The monoisotopic (exact) mass is 314 g/mol. The fourth-order valence-electron chi connectivity index (χ4n) is 2.44. The van der Waals surface area contributed by atoms with Crippen molar-refractivity contribution in [3.8, 4) is 0 Å². The van der Waals surface area contributed by atoms with Crippen LogP contribution in [0.5, 0.6) is 0 Å². The molecule has 0 aliphatic carbocycles. The summed E-state index contributed by atoms with van der Waals surface area (Å²) in [5.74, 6) is -0.657. The van der Waals surface area contributed by atoms with E-state index >= 15 is 0 Å². The van der Waals surface area contributed by atoms with Crippen molar-refractivity contribution in [3.05, 3.63) is 0 Å². The minimum atomic E-state index is -0.657. The van der Waals surface area contributed by atoms with E-state index in [4.69, 9.17) is 5.11 Å². The molecule has 0 bridgehead atoms. The zero-order valence-electron chi connectivity index (χ0n) is 15.7. The van der Waals surface area contributed by atoms with Gasteiger partial charge in [0.05, 0.1) is 0 Å². The number of hydrogen-bond donors (Lipinski definition) is 1. The normalized spacial score (nSPS) is 10.1. The van der Waals surface area contributed by atoms with Gasteiger partial charge in [0.1, 0.15) is 0 Å². The minimum Gasteiger partial charge on any atom is -0.481 e. The molecular weight excluding hydrogens is 272 g/mol. The molecule has 2 nitrogen and oxygen atoms in total. The molecule has 2 heteroatoms. The van der Waals surface area contributed by atoms with Crippen LogP contribution in [0.25, 0.3) is 0 Å². The number of carbonyl (C=O) groups is 1. The Hall–Kier alpha value is -0.530. The lowest BCUT2D eigenvalue weighted by atomic mass is 10.1. The van der Waals surface area contributed by atoms with Crippen LogP contribution in [0, 0.1) is 0 Å². The van der Waals surface area contributed by atoms with Crippen molar-refractivity contribution in [2.24, 2.45) is 0 Å². The maximum absolute atomic E-state index is 10.3. The van der Waals surface area contributed by atoms with Crippen LogP contribution in [0.2, 0.25) is 0 Å². The van der Waals surface area contributed by atoms with Crippen molar-refractivity contribution in [2.75, 3.05) is 0 Å². The van der Waals surface area contributed by atoms with Crippen molar-refractivity contribution in [3.63, 3.8) is 0 Å². The Morgan fingerprint density at radius 2 is 0.818 bits per heavy atom. The van der Waals surface area contributed by atoms with Gasteiger partial charge in [-0.15, -0.1) is 0 Å². The maximum Gasteiger partial charge on any atom is 0.303 e. The molecule has 0 saturated carbocycles. The molecule has 0 fully saturated rings. The topological polar surface area (TPSA) is 37.3 Å². The van der Waals surface area contributed by atoms with Crippen molar-refractivity contribution in [1.82, 2.24) is 0 Å². The first-order valence-corrected chi connectivity index (χ1v) is 9.90. The summed E-state index contributed by atoms with van der Waals surface area (Å²) in [5.41, 5.74) is 0. The van der Waals surface area contributed by atoms with E-state index < -0.39 is 5.97 Å². The second-order valence-corrected chi connectivity index (χ2v) is 6.39. The van der Waals surface area contributed by atoms with Gasteiger partial charge in [-0.1, -0.05) is 111 Å². The Labute approximate surface area is 140 Å². The van der Waals surface area contributed by atoms with E-state index in [1.807, 2.05) is 0 Å². The highest BCUT2D eigenvalue weighted by molar-refractivity contribution is 5.66. The molecule has 0 rings (SSSR count). The predicted molar refractivity (Wildman–Crippen MR) is 98.5 cm³/mol. The number of carboxylic acids is 1. The van der Waals surface area contributed by atoms with Crippen LogP contribution in [-0.2, 0) is 4.79 Å². The third-order valence-electron chi connectivity index (χ3n) is 3.95. The lowest BCUT2D eigenvalue weighted by Gasteiger charge is -2.01. The van der Waals surface area contributed by atoms with Gasteiger partial charge in [0.2, 0.25) is 0 Å². The smallest absolute Gasteiger partial charge is 0.303 e. The highest BCUT2D eigenvalue weighted by Gasteiger charge is 1.96. The molecule has 0 heterocycles. The van der Waals surface area contributed by atoms with Gasteiger partial charge in [-0.3, -0.25) is 4.79 Å². The molecule has 0 saturated heterocycles. The summed E-state index contributed by atoms with van der Waals surface area (Å²) in [4.78, 5) is 10.3. The van der Waals surface area contributed by atoms with E-state index in [0.717, 1.165) is 12.8 Å². The SMILES string of the molecule is CCCCCC.CCCCCCCCCCCCCC(=O)O. The molecule has 0 spiro atoms. The highest BCUT2D eigenvalue weighted by Crippen LogP contribution is 2.11. The van der Waals surface area contributed by atoms with Gasteiger partial charge < -0.3 is 5.11 Å². The summed E-state index contributed by atoms with van der Waals surface area (Å²) < 4.78 is 0. The van der Waals surface area contributed by atoms with Gasteiger partial charge in [0, 0.05) is 6.42 Å². The standard InChI is InChI=1S/C14H28O2.C6H14/c1-2-3-4-5-6-7-8-9-10-11-12-13-14(15)16;1-3-5-6-4-2/h2-13H2,1H3,(H,15,16);3-6H2,1-2H3. The van der Waals surface area contributed by atoms with Gasteiger partial charge in [0.15, 0.2) is 0 Å². The largest absolute Gasteiger partial charge is 0.481 e. The zero-order chi connectivity index (χ0) is 16.9. The van der Waals surface area contributed by atoms with Crippen LogP contribution in [0.3, 0.4) is 0 Å². The summed E-state index contributed by atoms with van der Waals surface area (Å²) in [6.07, 6.45) is 19.9. The number of carboxylic acid groups (broad SMARTS) is 1. The summed E-state index contributed by atoms with van der Waals surface area (Å²) >= 11 is 0. The molecule has 1 N–H and O–H groups in total. The molecule has 0 aromatic carbocycles. The van der Waals surface area contributed by atoms with E-state index in [9.17, 15) is 4.79 Å². The Kier molecular flexibility index (Phi) is 24.5. The van der Waals surface area contributed by atoms with Crippen LogP contribution in [0.4, 0.5) is 0 Å². The van der Waals surface area contributed by atoms with Crippen molar-refractivity contribution in [2.45, 2.75) is 124 Å². The van der Waals surface area contributed by atoms with Gasteiger partial charge in [-0.25, -0.2) is 0 Å². The van der Waals surface area contributed by atoms with Crippen molar-refractivity contribution >= 4 is 5.97 Å². The van der Waals surface area contributed by atoms with Crippen LogP contribution < -0.4 is 0 Å². The van der Waals surface area contributed by atoms with Crippen molar-refractivity contribution < 1.29 is 9.90 Å². The maximum atomic E-state index is 10.3. The first-order chi connectivity index (χ1) is 10.7. The van der Waals surface area contributed by atoms with Crippen LogP contribution in [0.15, 0.2) is 0 Å². The van der Waals surface area contributed by atoms with E-state index in [2.05, 4.69) is 20.8 Å². The van der Waals surface area contributed by atoms with Crippen LogP contribution in [0.1, 0.15) is 124 Å². The molecule has 0 aliphatic heterocycles. The number of aliphatic carboxylic acids is 1. The molecule has 0 aromatic rings. The lowest BCUT2D eigenvalue weighted by molar-refractivity contribution is -0.137. The molecule has 0 amide bonds. The molecule has 0 aromatic heterocycles. The Morgan fingerprint density at radius 1 is 0.545 bits per heavy atom. The molecule has 0 radical (unpaired) electrons. The number of rotatable bonds is 15. The molecule has 0 atom stereocenters. The van der Waals surface area contributed by atoms with E-state index in [1.165, 1.54) is 83.5 Å². The van der Waals surface area contributed by atoms with Crippen LogP contribution >= 0.6 is 0 Å². The first kappa shape index (κ1) is 23.7. The van der Waals surface area contributed by atoms with Gasteiger partial charge >= 0.3 is 5.97 Å². The fraction of sp³-hybridized carbons (Fsp3) is 0.950. The van der Waals surface area contributed by atoms with Crippen LogP contribution in [-0.4, -0.2) is 11.1 Å². The van der Waals surface area contributed by atoms with E-state index in [0.29, 0.717) is 6.42 Å². The second kappa shape index (κ2) is 22.7. The Balaban J connectivity index is 0. The summed E-state index contributed by atoms with van der Waals surface area (Å²) in [6, 6.07) is 0. The molecule has 134 valence electrons. The third-order valence-corrected chi connectivity index (χ3v) is 3.95. The first-order valence-electron chi connectivity index (χ1n) is 9.90. The summed E-state index contributed by atoms with van der Waals surface area (Å²) in [6.45, 7) is 6.71. The summed E-state index contributed by atoms with van der Waals surface area (Å²) in [7, 11) is 0. The Morgan fingerprint density at radius 3 is 1.14 bits per heavy atom. The average molecular weight is 315 g/mol. The predicted octanol–water partition coefficient (Wildman–Crippen LogP) is 7.36. The molecule has 0 unspecified atom stereocenters. The lowest BCUT2D eigenvalue weighted by Crippen LogP contribution is -1.93. The molecule has 0 aliphatic rings. The van der Waals surface area contributed by atoms with Gasteiger partial charge in [0.25, 0.3) is 0 Å². The van der Waals surface area contributed by atoms with Gasteiger partial charge in [-0.2, -0.15) is 0 Å². The number of hydrogen-bond acceptors (Lipinski definition) is 1. The average Bonchev–Trinajstić information content (AvgIpc) is 2.51. The minimum absolute atomic E-state index is 0.344. The molecular formula is C20H42O2. The van der Waals surface area contributed by atoms with Crippen molar-refractivity contribution in [1.29, 1.82) is 0 Å². The van der Waals surface area contributed by atoms with E-state index in [1.54, 1.807) is 0 Å². The summed E-state index contributed by atoms with van der Waals surface area (Å²) in [5, 5.41) is 8.46.